The van der Waals surface area contributed by atoms with Gasteiger partial charge in [0.2, 0.25) is 0 Å². The van der Waals surface area contributed by atoms with Crippen molar-refractivity contribution in [2.24, 2.45) is 0 Å². The summed E-state index contributed by atoms with van der Waals surface area (Å²) in [5.41, 5.74) is 2.24. The summed E-state index contributed by atoms with van der Waals surface area (Å²) in [6.45, 7) is 3.53. The van der Waals surface area contributed by atoms with Gasteiger partial charge in [0, 0.05) is 12.3 Å². The molecule has 2 aliphatic rings. The second kappa shape index (κ2) is 9.00. The number of hydrogen-bond acceptors (Lipinski definition) is 5. The molecule has 32 heavy (non-hydrogen) atoms. The highest BCUT2D eigenvalue weighted by molar-refractivity contribution is 5.16. The summed E-state index contributed by atoms with van der Waals surface area (Å²) in [5, 5.41) is 0. The van der Waals surface area contributed by atoms with Crippen LogP contribution in [0.2, 0.25) is 0 Å². The Labute approximate surface area is 187 Å². The zero-order valence-corrected chi connectivity index (χ0v) is 18.1. The third-order valence-corrected chi connectivity index (χ3v) is 6.06. The maximum Gasteiger partial charge on any atom is 0.252 e. The average molecular weight is 434 g/mol. The van der Waals surface area contributed by atoms with Crippen LogP contribution < -0.4 is 5.56 Å². The van der Waals surface area contributed by atoms with Crippen LogP contribution in [0.5, 0.6) is 0 Å². The third kappa shape index (κ3) is 4.14. The SMILES string of the molecule is Cc1ccc(=O)n([C@@H]2O[C@@]3(COCc4ccccc4)CO[C@@H]2[C@@H]3OCc2ccccc2)c1. The number of benzene rings is 2. The molecule has 2 bridgehead atoms. The van der Waals surface area contributed by atoms with Crippen LogP contribution in [0.25, 0.3) is 0 Å². The molecule has 3 aromatic rings. The fraction of sp³-hybridized carbons (Fsp3) is 0.346. The molecule has 2 saturated heterocycles. The fourth-order valence-corrected chi connectivity index (χ4v) is 4.46. The lowest BCUT2D eigenvalue weighted by Crippen LogP contribution is -2.46. The second-order valence-corrected chi connectivity index (χ2v) is 8.50. The standard InChI is InChI=1S/C26H27NO5/c1-19-12-13-22(28)27(14-19)25-23-24(30-16-21-10-6-3-7-11-21)26(32-25,18-31-23)17-29-15-20-8-4-2-5-9-20/h2-14,23-25H,15-18H2,1H3/t23-,24+,25-,26+/m1/s1. The molecule has 4 atom stereocenters. The van der Waals surface area contributed by atoms with E-state index < -0.39 is 17.9 Å². The van der Waals surface area contributed by atoms with Gasteiger partial charge in [0.1, 0.15) is 17.8 Å². The summed E-state index contributed by atoms with van der Waals surface area (Å²) in [6.07, 6.45) is 0.510. The highest BCUT2D eigenvalue weighted by Gasteiger charge is 2.63. The minimum atomic E-state index is -0.776. The Morgan fingerprint density at radius 3 is 2.38 bits per heavy atom. The third-order valence-electron chi connectivity index (χ3n) is 6.06. The predicted octanol–water partition coefficient (Wildman–Crippen LogP) is 3.63. The van der Waals surface area contributed by atoms with E-state index in [0.29, 0.717) is 26.4 Å². The van der Waals surface area contributed by atoms with E-state index in [4.69, 9.17) is 18.9 Å². The molecule has 0 amide bonds. The van der Waals surface area contributed by atoms with Crippen molar-refractivity contribution in [2.75, 3.05) is 13.2 Å². The first-order chi connectivity index (χ1) is 15.6. The van der Waals surface area contributed by atoms with Crippen LogP contribution in [0, 0.1) is 6.92 Å². The summed E-state index contributed by atoms with van der Waals surface area (Å²) < 4.78 is 26.7. The predicted molar refractivity (Wildman–Crippen MR) is 119 cm³/mol. The Morgan fingerprint density at radius 1 is 0.969 bits per heavy atom. The van der Waals surface area contributed by atoms with Gasteiger partial charge in [-0.15, -0.1) is 0 Å². The van der Waals surface area contributed by atoms with Crippen molar-refractivity contribution in [1.29, 1.82) is 0 Å². The zero-order chi connectivity index (χ0) is 22.0. The first-order valence-corrected chi connectivity index (χ1v) is 10.9. The molecular weight excluding hydrogens is 406 g/mol. The van der Waals surface area contributed by atoms with E-state index in [2.05, 4.69) is 0 Å². The van der Waals surface area contributed by atoms with E-state index in [-0.39, 0.29) is 11.7 Å². The van der Waals surface area contributed by atoms with Gasteiger partial charge in [-0.05, 0) is 23.6 Å². The molecule has 6 nitrogen and oxygen atoms in total. The minimum Gasteiger partial charge on any atom is -0.374 e. The molecule has 2 aromatic carbocycles. The number of pyridine rings is 1. The monoisotopic (exact) mass is 433 g/mol. The Balaban J connectivity index is 1.37. The number of fused-ring (bicyclic) bond motifs is 2. The van der Waals surface area contributed by atoms with E-state index in [1.165, 1.54) is 0 Å². The van der Waals surface area contributed by atoms with Crippen molar-refractivity contribution in [3.63, 3.8) is 0 Å². The quantitative estimate of drug-likeness (QED) is 0.543. The molecule has 0 spiro atoms. The molecule has 0 unspecified atom stereocenters. The molecule has 0 saturated carbocycles. The minimum absolute atomic E-state index is 0.126. The van der Waals surface area contributed by atoms with E-state index in [1.807, 2.05) is 73.8 Å². The number of aromatic nitrogens is 1. The number of rotatable bonds is 8. The van der Waals surface area contributed by atoms with Gasteiger partial charge in [0.15, 0.2) is 6.23 Å². The fourth-order valence-electron chi connectivity index (χ4n) is 4.46. The lowest BCUT2D eigenvalue weighted by atomic mass is 10.00. The molecule has 3 heterocycles. The van der Waals surface area contributed by atoms with E-state index in [0.717, 1.165) is 16.7 Å². The molecular formula is C26H27NO5. The van der Waals surface area contributed by atoms with Gasteiger partial charge in [0.05, 0.1) is 26.4 Å². The number of nitrogens with zero attached hydrogens (tertiary/aromatic N) is 1. The molecule has 2 fully saturated rings. The molecule has 0 aliphatic carbocycles. The van der Waals surface area contributed by atoms with Gasteiger partial charge in [-0.2, -0.15) is 0 Å². The lowest BCUT2D eigenvalue weighted by Gasteiger charge is -2.31. The Bertz CT molecular complexity index is 1100. The maximum atomic E-state index is 12.6. The lowest BCUT2D eigenvalue weighted by molar-refractivity contribution is -0.196. The summed E-state index contributed by atoms with van der Waals surface area (Å²) in [7, 11) is 0. The van der Waals surface area contributed by atoms with Crippen LogP contribution in [0.3, 0.4) is 0 Å². The largest absolute Gasteiger partial charge is 0.374 e. The van der Waals surface area contributed by atoms with Gasteiger partial charge in [0.25, 0.3) is 5.56 Å². The summed E-state index contributed by atoms with van der Waals surface area (Å²) in [5.74, 6) is 0. The molecule has 2 aliphatic heterocycles. The Morgan fingerprint density at radius 2 is 1.66 bits per heavy atom. The van der Waals surface area contributed by atoms with Gasteiger partial charge in [-0.25, -0.2) is 0 Å². The van der Waals surface area contributed by atoms with E-state index >= 15 is 0 Å². The smallest absolute Gasteiger partial charge is 0.252 e. The summed E-state index contributed by atoms with van der Waals surface area (Å²) in [4.78, 5) is 12.6. The van der Waals surface area contributed by atoms with Crippen LogP contribution >= 0.6 is 0 Å². The van der Waals surface area contributed by atoms with E-state index in [1.54, 1.807) is 16.7 Å². The zero-order valence-electron chi connectivity index (χ0n) is 18.1. The van der Waals surface area contributed by atoms with Crippen LogP contribution in [0.4, 0.5) is 0 Å². The van der Waals surface area contributed by atoms with Crippen LogP contribution in [0.15, 0.2) is 83.8 Å². The first kappa shape index (κ1) is 21.1. The van der Waals surface area contributed by atoms with Crippen molar-refractivity contribution in [3.8, 4) is 0 Å². The van der Waals surface area contributed by atoms with Crippen molar-refractivity contribution >= 4 is 0 Å². The number of aryl methyl sites for hydroxylation is 1. The van der Waals surface area contributed by atoms with Crippen LogP contribution in [0.1, 0.15) is 22.9 Å². The highest BCUT2D eigenvalue weighted by Crippen LogP contribution is 2.46. The molecule has 1 aromatic heterocycles. The summed E-state index contributed by atoms with van der Waals surface area (Å²) in [6, 6.07) is 23.4. The van der Waals surface area contributed by atoms with Crippen molar-refractivity contribution < 1.29 is 18.9 Å². The molecule has 0 N–H and O–H groups in total. The Hall–Kier alpha value is -2.77. The van der Waals surface area contributed by atoms with Crippen molar-refractivity contribution in [2.45, 2.75) is 44.2 Å². The summed E-state index contributed by atoms with van der Waals surface area (Å²) >= 11 is 0. The number of hydrogen-bond donors (Lipinski definition) is 0. The normalized spacial score (nSPS) is 26.5. The Kier molecular flexibility index (Phi) is 5.93. The van der Waals surface area contributed by atoms with Gasteiger partial charge < -0.3 is 18.9 Å². The van der Waals surface area contributed by atoms with E-state index in [9.17, 15) is 4.79 Å². The van der Waals surface area contributed by atoms with Gasteiger partial charge >= 0.3 is 0 Å². The van der Waals surface area contributed by atoms with Gasteiger partial charge in [-0.1, -0.05) is 66.7 Å². The van der Waals surface area contributed by atoms with Crippen molar-refractivity contribution in [3.05, 3.63) is 106 Å². The molecule has 0 radical (unpaired) electrons. The highest BCUT2D eigenvalue weighted by atomic mass is 16.7. The second-order valence-electron chi connectivity index (χ2n) is 8.50. The first-order valence-electron chi connectivity index (χ1n) is 10.9. The molecule has 6 heteroatoms. The topological polar surface area (TPSA) is 58.9 Å². The van der Waals surface area contributed by atoms with Crippen LogP contribution in [-0.2, 0) is 32.2 Å². The van der Waals surface area contributed by atoms with Crippen LogP contribution in [-0.4, -0.2) is 35.6 Å². The molecule has 166 valence electrons. The average Bonchev–Trinajstić information content (AvgIpc) is 3.32. The van der Waals surface area contributed by atoms with Gasteiger partial charge in [-0.3, -0.25) is 9.36 Å². The maximum absolute atomic E-state index is 12.6. The molecule has 5 rings (SSSR count). The number of ether oxygens (including phenoxy) is 4. The van der Waals surface area contributed by atoms with Crippen molar-refractivity contribution in [1.82, 2.24) is 4.57 Å².